The number of nitrogens with two attached hydrogens (primary N) is 1. The zero-order chi connectivity index (χ0) is 16.0. The van der Waals surface area contributed by atoms with E-state index in [2.05, 4.69) is 0 Å². The average Bonchev–Trinajstić information content (AvgIpc) is 2.34. The van der Waals surface area contributed by atoms with Crippen molar-refractivity contribution in [1.29, 1.82) is 0 Å². The maximum atomic E-state index is 13.6. The van der Waals surface area contributed by atoms with Crippen LogP contribution >= 0.6 is 0 Å². The molecule has 1 atom stereocenters. The Morgan fingerprint density at radius 1 is 1.43 bits per heavy atom. The Hall–Kier alpha value is -1.18. The number of β-amino-alcohol motifs (C(OH)–C–C–N with tert-alkyl or cyclic N) is 1. The van der Waals surface area contributed by atoms with Gasteiger partial charge < -0.3 is 10.8 Å². The maximum Gasteiger partial charge on any atom is 0.243 e. The lowest BCUT2D eigenvalue weighted by atomic mass is 9.97. The molecule has 0 amide bonds. The van der Waals surface area contributed by atoms with Crippen LogP contribution < -0.4 is 5.73 Å². The van der Waals surface area contributed by atoms with Crippen molar-refractivity contribution in [3.05, 3.63) is 23.0 Å². The zero-order valence-corrected chi connectivity index (χ0v) is 13.3. The standard InChI is InChI=1S/C14H21FN2O3S/c1-9-7-11(15)12(16)10(2)13(9)21(19,20)17-6-4-5-14(3,18)8-17/h7,18H,4-6,8,16H2,1-3H3. The van der Waals surface area contributed by atoms with Crippen LogP contribution in [0.5, 0.6) is 0 Å². The van der Waals surface area contributed by atoms with Gasteiger partial charge in [-0.2, -0.15) is 4.31 Å². The second kappa shape index (κ2) is 5.23. The summed E-state index contributed by atoms with van der Waals surface area (Å²) in [6.07, 6.45) is 1.14. The normalized spacial score (nSPS) is 24.2. The Labute approximate surface area is 124 Å². The number of benzene rings is 1. The van der Waals surface area contributed by atoms with Crippen LogP contribution in [0, 0.1) is 19.7 Å². The van der Waals surface area contributed by atoms with E-state index in [0.717, 1.165) is 6.07 Å². The van der Waals surface area contributed by atoms with Crippen LogP contribution in [0.2, 0.25) is 0 Å². The zero-order valence-electron chi connectivity index (χ0n) is 12.5. The van der Waals surface area contributed by atoms with Crippen molar-refractivity contribution >= 4 is 15.7 Å². The molecule has 118 valence electrons. The molecule has 0 spiro atoms. The molecule has 1 heterocycles. The van der Waals surface area contributed by atoms with Crippen molar-refractivity contribution in [3.8, 4) is 0 Å². The van der Waals surface area contributed by atoms with Gasteiger partial charge in [0, 0.05) is 13.1 Å². The van der Waals surface area contributed by atoms with Crippen molar-refractivity contribution < 1.29 is 17.9 Å². The molecular formula is C14H21FN2O3S. The fourth-order valence-corrected chi connectivity index (χ4v) is 4.87. The van der Waals surface area contributed by atoms with Crippen molar-refractivity contribution in [2.75, 3.05) is 18.8 Å². The Bertz CT molecular complexity index is 671. The molecule has 1 aromatic rings. The Balaban J connectivity index is 2.53. The van der Waals surface area contributed by atoms with Crippen molar-refractivity contribution in [2.45, 2.75) is 44.1 Å². The fourth-order valence-electron chi connectivity index (χ4n) is 2.84. The number of hydrogen-bond acceptors (Lipinski definition) is 4. The van der Waals surface area contributed by atoms with Gasteiger partial charge in [0.1, 0.15) is 5.82 Å². The molecule has 1 fully saturated rings. The summed E-state index contributed by atoms with van der Waals surface area (Å²) >= 11 is 0. The number of aliphatic hydroxyl groups is 1. The molecule has 1 aromatic carbocycles. The largest absolute Gasteiger partial charge is 0.396 e. The predicted octanol–water partition coefficient (Wildman–Crippen LogP) is 1.56. The third-order valence-electron chi connectivity index (χ3n) is 3.94. The molecule has 7 heteroatoms. The molecule has 0 aliphatic carbocycles. The van der Waals surface area contributed by atoms with E-state index in [1.807, 2.05) is 0 Å². The van der Waals surface area contributed by atoms with Gasteiger partial charge in [0.2, 0.25) is 10.0 Å². The lowest BCUT2D eigenvalue weighted by molar-refractivity contribution is 0.00938. The summed E-state index contributed by atoms with van der Waals surface area (Å²) in [5, 5.41) is 10.1. The molecule has 0 bridgehead atoms. The molecule has 1 aliphatic heterocycles. The first-order valence-corrected chi connectivity index (χ1v) is 8.28. The topological polar surface area (TPSA) is 83.6 Å². The molecule has 1 aliphatic rings. The van der Waals surface area contributed by atoms with Crippen molar-refractivity contribution in [1.82, 2.24) is 4.31 Å². The summed E-state index contributed by atoms with van der Waals surface area (Å²) in [5.74, 6) is -0.616. The number of rotatable bonds is 2. The number of anilines is 1. The summed E-state index contributed by atoms with van der Waals surface area (Å²) in [6.45, 7) is 5.04. The minimum atomic E-state index is -3.81. The molecule has 1 unspecified atom stereocenters. The average molecular weight is 316 g/mol. The number of piperidine rings is 1. The van der Waals surface area contributed by atoms with Crippen molar-refractivity contribution in [3.63, 3.8) is 0 Å². The maximum absolute atomic E-state index is 13.6. The van der Waals surface area contributed by atoms with E-state index in [4.69, 9.17) is 5.73 Å². The summed E-state index contributed by atoms with van der Waals surface area (Å²) in [5.41, 5.74) is 4.97. The summed E-state index contributed by atoms with van der Waals surface area (Å²) in [4.78, 5) is 0.0408. The van der Waals surface area contributed by atoms with Crippen LogP contribution in [0.15, 0.2) is 11.0 Å². The van der Waals surface area contributed by atoms with E-state index in [9.17, 15) is 17.9 Å². The van der Waals surface area contributed by atoms with Crippen molar-refractivity contribution in [2.24, 2.45) is 0 Å². The minimum Gasteiger partial charge on any atom is -0.396 e. The molecule has 5 nitrogen and oxygen atoms in total. The second-order valence-electron chi connectivity index (χ2n) is 5.98. The van der Waals surface area contributed by atoms with Crippen LogP contribution in [0.3, 0.4) is 0 Å². The van der Waals surface area contributed by atoms with Crippen LogP contribution in [0.1, 0.15) is 30.9 Å². The third kappa shape index (κ3) is 2.90. The quantitative estimate of drug-likeness (QED) is 0.811. The Kier molecular flexibility index (Phi) is 4.03. The van der Waals surface area contributed by atoms with Gasteiger partial charge in [-0.1, -0.05) is 0 Å². The molecule has 1 saturated heterocycles. The number of nitrogens with zero attached hydrogens (tertiary/aromatic N) is 1. The van der Waals surface area contributed by atoms with E-state index < -0.39 is 21.4 Å². The molecule has 0 aromatic heterocycles. The van der Waals surface area contributed by atoms with Gasteiger partial charge in [-0.3, -0.25) is 0 Å². The van der Waals surface area contributed by atoms with Gasteiger partial charge in [-0.05, 0) is 50.8 Å². The van der Waals surface area contributed by atoms with E-state index in [1.165, 1.54) is 11.2 Å². The van der Waals surface area contributed by atoms with Gasteiger partial charge in [0.05, 0.1) is 16.2 Å². The van der Waals surface area contributed by atoms with Crippen LogP contribution in [-0.4, -0.2) is 36.5 Å². The monoisotopic (exact) mass is 316 g/mol. The van der Waals surface area contributed by atoms with Gasteiger partial charge in [0.25, 0.3) is 0 Å². The lowest BCUT2D eigenvalue weighted by Crippen LogP contribution is -2.48. The highest BCUT2D eigenvalue weighted by atomic mass is 32.2. The summed E-state index contributed by atoms with van der Waals surface area (Å²) < 4.78 is 40.5. The first kappa shape index (κ1) is 16.2. The number of aryl methyl sites for hydroxylation is 1. The number of halogens is 1. The first-order valence-electron chi connectivity index (χ1n) is 6.84. The molecule has 2 rings (SSSR count). The van der Waals surface area contributed by atoms with Gasteiger partial charge >= 0.3 is 0 Å². The van der Waals surface area contributed by atoms with Crippen LogP contribution in [0.25, 0.3) is 0 Å². The number of hydrogen-bond donors (Lipinski definition) is 2. The highest BCUT2D eigenvalue weighted by Gasteiger charge is 2.37. The van der Waals surface area contributed by atoms with E-state index in [-0.39, 0.29) is 22.7 Å². The molecule has 21 heavy (non-hydrogen) atoms. The fraction of sp³-hybridized carbons (Fsp3) is 0.571. The van der Waals surface area contributed by atoms with Gasteiger partial charge in [0.15, 0.2) is 0 Å². The SMILES string of the molecule is Cc1cc(F)c(N)c(C)c1S(=O)(=O)N1CCCC(C)(O)C1. The van der Waals surface area contributed by atoms with E-state index in [1.54, 1.807) is 13.8 Å². The Morgan fingerprint density at radius 2 is 2.05 bits per heavy atom. The van der Waals surface area contributed by atoms with Gasteiger partial charge in [-0.25, -0.2) is 12.8 Å². The van der Waals surface area contributed by atoms with E-state index in [0.29, 0.717) is 24.9 Å². The molecule has 3 N–H and O–H groups in total. The molecule has 0 saturated carbocycles. The van der Waals surface area contributed by atoms with Crippen LogP contribution in [-0.2, 0) is 10.0 Å². The highest BCUT2D eigenvalue weighted by molar-refractivity contribution is 7.89. The smallest absolute Gasteiger partial charge is 0.243 e. The molecule has 0 radical (unpaired) electrons. The molecular weight excluding hydrogens is 295 g/mol. The van der Waals surface area contributed by atoms with Crippen LogP contribution in [0.4, 0.5) is 10.1 Å². The lowest BCUT2D eigenvalue weighted by Gasteiger charge is -2.36. The van der Waals surface area contributed by atoms with Gasteiger partial charge in [-0.15, -0.1) is 0 Å². The third-order valence-corrected chi connectivity index (χ3v) is 6.08. The highest BCUT2D eigenvalue weighted by Crippen LogP contribution is 2.32. The number of sulfonamides is 1. The first-order chi connectivity index (χ1) is 9.56. The number of nitrogen functional groups attached to an aromatic ring is 1. The Morgan fingerprint density at radius 3 is 2.62 bits per heavy atom. The summed E-state index contributed by atoms with van der Waals surface area (Å²) in [6, 6.07) is 1.14. The predicted molar refractivity (Wildman–Crippen MR) is 78.9 cm³/mol. The van der Waals surface area contributed by atoms with E-state index >= 15 is 0 Å². The second-order valence-corrected chi connectivity index (χ2v) is 7.86. The summed E-state index contributed by atoms with van der Waals surface area (Å²) in [7, 11) is -3.81. The minimum absolute atomic E-state index is 0.0332.